The van der Waals surface area contributed by atoms with Crippen molar-refractivity contribution in [1.29, 1.82) is 0 Å². The van der Waals surface area contributed by atoms with Crippen LogP contribution in [0.1, 0.15) is 24.2 Å². The zero-order chi connectivity index (χ0) is 17.3. The van der Waals surface area contributed by atoms with Crippen molar-refractivity contribution in [2.45, 2.75) is 18.7 Å². The van der Waals surface area contributed by atoms with E-state index >= 15 is 0 Å². The Labute approximate surface area is 130 Å². The highest BCUT2D eigenvalue weighted by Gasteiger charge is 2.15. The molecule has 6 nitrogen and oxygen atoms in total. The maximum atomic E-state index is 11.2. The summed E-state index contributed by atoms with van der Waals surface area (Å²) >= 11 is 0. The molecule has 3 N–H and O–H groups in total. The maximum absolute atomic E-state index is 11.2. The van der Waals surface area contributed by atoms with Crippen molar-refractivity contribution < 1.29 is 22.9 Å². The number of carbonyl (C=O) groups is 1. The molecule has 0 aliphatic heterocycles. The lowest BCUT2D eigenvalue weighted by atomic mass is 10.1. The Kier molecular flexibility index (Phi) is 8.32. The smallest absolute Gasteiger partial charge is 0.295 e. The number of hydrogen-bond acceptors (Lipinski definition) is 5. The first-order valence-corrected chi connectivity index (χ1v) is 8.05. The van der Waals surface area contributed by atoms with Gasteiger partial charge in [-0.25, -0.2) is 0 Å². The summed E-state index contributed by atoms with van der Waals surface area (Å²) in [6, 6.07) is 6.60. The summed E-state index contributed by atoms with van der Waals surface area (Å²) in [7, 11) is -0.703. The van der Waals surface area contributed by atoms with E-state index in [9.17, 15) is 18.3 Å². The van der Waals surface area contributed by atoms with Crippen molar-refractivity contribution in [3.8, 4) is 5.75 Å². The van der Waals surface area contributed by atoms with Crippen LogP contribution in [-0.2, 0) is 10.1 Å². The molecular formula is C15H21NO5S. The molecule has 0 amide bonds. The highest BCUT2D eigenvalue weighted by molar-refractivity contribution is 7.86. The van der Waals surface area contributed by atoms with E-state index < -0.39 is 15.0 Å². The number of aromatic hydroxyl groups is 1. The minimum atomic E-state index is -4.45. The molecule has 22 heavy (non-hydrogen) atoms. The fourth-order valence-electron chi connectivity index (χ4n) is 1.61. The Bertz CT molecular complexity index is 726. The lowest BCUT2D eigenvalue weighted by Crippen LogP contribution is -1.99. The predicted molar refractivity (Wildman–Crippen MR) is 87.1 cm³/mol. The van der Waals surface area contributed by atoms with E-state index in [-0.39, 0.29) is 16.7 Å². The van der Waals surface area contributed by atoms with Crippen LogP contribution >= 0.6 is 0 Å². The Balaban J connectivity index is 0.000000789. The molecule has 0 aliphatic carbocycles. The Hall–Kier alpha value is -1.96. The van der Waals surface area contributed by atoms with Gasteiger partial charge in [0.15, 0.2) is 0 Å². The molecule has 0 unspecified atom stereocenters. The lowest BCUT2D eigenvalue weighted by molar-refractivity contribution is 0.112. The van der Waals surface area contributed by atoms with E-state index in [2.05, 4.69) is 5.32 Å². The van der Waals surface area contributed by atoms with Crippen LogP contribution < -0.4 is 5.32 Å². The molecule has 0 bridgehead atoms. The van der Waals surface area contributed by atoms with Gasteiger partial charge < -0.3 is 10.4 Å². The number of phenols is 1. The van der Waals surface area contributed by atoms with Gasteiger partial charge in [0.05, 0.1) is 0 Å². The van der Waals surface area contributed by atoms with Gasteiger partial charge in [-0.15, -0.1) is 0 Å². The van der Waals surface area contributed by atoms with Gasteiger partial charge in [0.2, 0.25) is 0 Å². The van der Waals surface area contributed by atoms with Crippen LogP contribution in [0.3, 0.4) is 0 Å². The number of fused-ring (bicyclic) bond motifs is 1. The molecule has 0 saturated carbocycles. The van der Waals surface area contributed by atoms with E-state index in [1.54, 1.807) is 0 Å². The average Bonchev–Trinajstić information content (AvgIpc) is 2.48. The second kappa shape index (κ2) is 9.14. The monoisotopic (exact) mass is 327 g/mol. The molecule has 0 fully saturated rings. The van der Waals surface area contributed by atoms with Crippen molar-refractivity contribution in [3.05, 3.63) is 35.9 Å². The molecule has 0 aromatic heterocycles. The summed E-state index contributed by atoms with van der Waals surface area (Å²) < 4.78 is 31.4. The lowest BCUT2D eigenvalue weighted by Gasteiger charge is -2.05. The van der Waals surface area contributed by atoms with Gasteiger partial charge >= 0.3 is 0 Å². The third-order valence-corrected chi connectivity index (χ3v) is 3.23. The van der Waals surface area contributed by atoms with Crippen LogP contribution in [0.5, 0.6) is 5.75 Å². The van der Waals surface area contributed by atoms with Crippen molar-refractivity contribution in [3.63, 3.8) is 0 Å². The van der Waals surface area contributed by atoms with Gasteiger partial charge in [0, 0.05) is 17.0 Å². The number of rotatable bonds is 2. The number of aldehydes is 1. The molecule has 7 heteroatoms. The van der Waals surface area contributed by atoms with Gasteiger partial charge in [-0.2, -0.15) is 8.42 Å². The second-order valence-electron chi connectivity index (χ2n) is 4.02. The van der Waals surface area contributed by atoms with E-state index in [0.29, 0.717) is 11.7 Å². The van der Waals surface area contributed by atoms with Crippen LogP contribution in [0.25, 0.3) is 10.8 Å². The quantitative estimate of drug-likeness (QED) is 0.578. The standard InChI is InChI=1S/C11H8O5S.C2H7N.C2H6/c12-6-7-1-2-8-4-9(13)5-11(10(8)3-7)17(14,15)16;1-3-2;1-2/h1-6,13H,(H,14,15,16);3H,1-2H3;1-2H3. The predicted octanol–water partition coefficient (Wildman–Crippen LogP) is 2.47. The summed E-state index contributed by atoms with van der Waals surface area (Å²) in [6.07, 6.45) is 0.570. The highest BCUT2D eigenvalue weighted by atomic mass is 32.2. The fraction of sp³-hybridized carbons (Fsp3) is 0.267. The SMILES string of the molecule is CC.CNC.O=Cc1ccc2cc(O)cc(S(=O)(=O)O)c2c1. The Morgan fingerprint density at radius 2 is 1.64 bits per heavy atom. The van der Waals surface area contributed by atoms with Crippen molar-refractivity contribution in [2.24, 2.45) is 0 Å². The Morgan fingerprint density at radius 3 is 2.09 bits per heavy atom. The third-order valence-electron chi connectivity index (χ3n) is 2.34. The Morgan fingerprint density at radius 1 is 1.09 bits per heavy atom. The van der Waals surface area contributed by atoms with Crippen molar-refractivity contribution in [2.75, 3.05) is 14.1 Å². The van der Waals surface area contributed by atoms with Gasteiger partial charge in [0.1, 0.15) is 16.9 Å². The summed E-state index contributed by atoms with van der Waals surface area (Å²) in [5.41, 5.74) is 0.285. The molecule has 0 atom stereocenters. The normalized spacial score (nSPS) is 10.0. The van der Waals surface area contributed by atoms with Gasteiger partial charge in [0.25, 0.3) is 10.1 Å². The van der Waals surface area contributed by atoms with Crippen molar-refractivity contribution in [1.82, 2.24) is 5.32 Å². The molecule has 0 radical (unpaired) electrons. The highest BCUT2D eigenvalue weighted by Crippen LogP contribution is 2.28. The van der Waals surface area contributed by atoms with E-state index in [1.165, 1.54) is 24.3 Å². The third kappa shape index (κ3) is 5.44. The van der Waals surface area contributed by atoms with Crippen LogP contribution in [0.2, 0.25) is 0 Å². The first-order valence-electron chi connectivity index (χ1n) is 6.61. The molecule has 2 aromatic carbocycles. The molecular weight excluding hydrogens is 306 g/mol. The molecule has 0 heterocycles. The van der Waals surface area contributed by atoms with E-state index in [4.69, 9.17) is 4.55 Å². The number of benzene rings is 2. The maximum Gasteiger partial charge on any atom is 0.295 e. The fourth-order valence-corrected chi connectivity index (χ4v) is 2.34. The minimum Gasteiger partial charge on any atom is -0.508 e. The summed E-state index contributed by atoms with van der Waals surface area (Å²) in [5.74, 6) is -0.274. The molecule has 0 aliphatic rings. The van der Waals surface area contributed by atoms with Crippen LogP contribution in [0, 0.1) is 0 Å². The topological polar surface area (TPSA) is 104 Å². The number of hydrogen-bond donors (Lipinski definition) is 3. The molecule has 2 rings (SSSR count). The van der Waals surface area contributed by atoms with Crippen LogP contribution in [-0.4, -0.2) is 38.5 Å². The van der Waals surface area contributed by atoms with Crippen LogP contribution in [0.15, 0.2) is 35.2 Å². The zero-order valence-corrected chi connectivity index (χ0v) is 13.8. The van der Waals surface area contributed by atoms with Gasteiger partial charge in [-0.05, 0) is 31.6 Å². The number of carbonyl (C=O) groups excluding carboxylic acids is 1. The van der Waals surface area contributed by atoms with E-state index in [0.717, 1.165) is 6.07 Å². The molecule has 2 aromatic rings. The summed E-state index contributed by atoms with van der Waals surface area (Å²) in [4.78, 5) is 10.2. The summed E-state index contributed by atoms with van der Waals surface area (Å²) in [5, 5.41) is 12.7. The number of phenolic OH excluding ortho intramolecular Hbond substituents is 1. The second-order valence-corrected chi connectivity index (χ2v) is 5.41. The van der Waals surface area contributed by atoms with Gasteiger partial charge in [-0.1, -0.05) is 26.0 Å². The summed E-state index contributed by atoms with van der Waals surface area (Å²) in [6.45, 7) is 4.00. The zero-order valence-electron chi connectivity index (χ0n) is 13.0. The van der Waals surface area contributed by atoms with Crippen LogP contribution in [0.4, 0.5) is 0 Å². The number of nitrogens with one attached hydrogen (secondary N) is 1. The van der Waals surface area contributed by atoms with E-state index in [1.807, 2.05) is 27.9 Å². The molecule has 0 saturated heterocycles. The minimum absolute atomic E-state index is 0.190. The van der Waals surface area contributed by atoms with Crippen molar-refractivity contribution >= 4 is 27.2 Å². The van der Waals surface area contributed by atoms with Gasteiger partial charge in [-0.3, -0.25) is 9.35 Å². The first-order chi connectivity index (χ1) is 10.3. The molecule has 0 spiro atoms. The first kappa shape index (κ1) is 20.0. The average molecular weight is 327 g/mol. The molecule has 122 valence electrons. The largest absolute Gasteiger partial charge is 0.508 e.